The molecule has 0 bridgehead atoms. The van der Waals surface area contributed by atoms with Gasteiger partial charge in [-0.2, -0.15) is 0 Å². The minimum absolute atomic E-state index is 0. The Morgan fingerprint density at radius 3 is 0.971 bits per heavy atom. The number of rotatable bonds is 9. The Labute approximate surface area is 418 Å². The van der Waals surface area contributed by atoms with Gasteiger partial charge in [-0.25, -0.2) is 17.6 Å². The molecular weight excluding hydrogens is 960 g/mol. The summed E-state index contributed by atoms with van der Waals surface area (Å²) in [5.74, 6) is -1.75. The molecule has 8 aromatic rings. The summed E-state index contributed by atoms with van der Waals surface area (Å²) in [5, 5.41) is 42.1. The maximum atomic E-state index is 13.0. The molecule has 350 valence electrons. The van der Waals surface area contributed by atoms with Crippen molar-refractivity contribution in [3.8, 4) is 23.0 Å². The average molecular weight is 1010 g/mol. The molecule has 0 aromatic heterocycles. The minimum Gasteiger partial charge on any atom is -0.678 e. The molecule has 0 saturated heterocycles. The first kappa shape index (κ1) is 54.0. The number of halogens is 4. The van der Waals surface area contributed by atoms with Crippen molar-refractivity contribution in [1.29, 1.82) is 0 Å². The molecule has 0 heterocycles. The number of nitrogens with zero attached hydrogens (tertiary/aromatic N) is 4. The molecule has 69 heavy (non-hydrogen) atoms. The van der Waals surface area contributed by atoms with Crippen LogP contribution in [0.3, 0.4) is 0 Å². The second-order valence-corrected chi connectivity index (χ2v) is 15.3. The topological polar surface area (TPSA) is 132 Å². The Balaban J connectivity index is 0.000000199. The van der Waals surface area contributed by atoms with E-state index in [4.69, 9.17) is 0 Å². The maximum Gasteiger partial charge on any atom is 0.141 e. The average Bonchev–Trinajstić information content (AvgIpc) is 3.33. The van der Waals surface area contributed by atoms with E-state index in [0.717, 1.165) is 38.9 Å². The number of hydrogen-bond acceptors (Lipinski definition) is 7. The van der Waals surface area contributed by atoms with Crippen molar-refractivity contribution in [2.45, 2.75) is 34.2 Å². The summed E-state index contributed by atoms with van der Waals surface area (Å²) < 4.78 is 51.8. The van der Waals surface area contributed by atoms with E-state index in [0.29, 0.717) is 6.54 Å². The van der Waals surface area contributed by atoms with Crippen LogP contribution in [0.5, 0.6) is 23.0 Å². The van der Waals surface area contributed by atoms with Gasteiger partial charge >= 0.3 is 0 Å². The van der Waals surface area contributed by atoms with Crippen LogP contribution in [0.2, 0.25) is 0 Å². The number of benzene rings is 8. The SMILES string of the molecule is Cc1ccc(C=Nc2cc(F)ccc2O)cc1.Cc1ccc(C=Nc2cc(F)ccc2O)cc1.Cc1ccc(C=Nc2cc(F)ccc2O)cc1.Cc1ccc(C[N-]c2cc(F)ccc2O)cc1.[Zr]. The van der Waals surface area contributed by atoms with Crippen molar-refractivity contribution in [3.05, 3.63) is 243 Å². The smallest absolute Gasteiger partial charge is 0.141 e. The van der Waals surface area contributed by atoms with Crippen LogP contribution in [0.25, 0.3) is 5.32 Å². The van der Waals surface area contributed by atoms with Crippen LogP contribution in [-0.4, -0.2) is 39.1 Å². The standard InChI is InChI=1S/C14H13FNO.3C14H12FNO.Zr/c4*1-10-2-4-11(5-3-10)9-16-13-8-12(15)6-7-14(13)17;/h2-8,17H,9H2,1H3;3*2-9,17H,1H3;/q-1;;;;. The van der Waals surface area contributed by atoms with Crippen molar-refractivity contribution in [1.82, 2.24) is 0 Å². The summed E-state index contributed by atoms with van der Waals surface area (Å²) in [7, 11) is 0. The van der Waals surface area contributed by atoms with E-state index in [1.807, 2.05) is 125 Å². The van der Waals surface area contributed by atoms with Gasteiger partial charge in [-0.3, -0.25) is 15.0 Å². The fourth-order valence-electron chi connectivity index (χ4n) is 5.68. The molecule has 0 amide bonds. The number of phenolic OH excluding ortho intramolecular Hbond substituents is 4. The summed E-state index contributed by atoms with van der Waals surface area (Å²) in [4.78, 5) is 12.2. The third-order valence-electron chi connectivity index (χ3n) is 9.59. The summed E-state index contributed by atoms with van der Waals surface area (Å²) >= 11 is 0. The first-order valence-electron chi connectivity index (χ1n) is 21.1. The largest absolute Gasteiger partial charge is 0.678 e. The van der Waals surface area contributed by atoms with Crippen molar-refractivity contribution in [2.75, 3.05) is 0 Å². The van der Waals surface area contributed by atoms with Crippen LogP contribution < -0.4 is 0 Å². The second-order valence-electron chi connectivity index (χ2n) is 15.3. The molecule has 4 N–H and O–H groups in total. The van der Waals surface area contributed by atoms with E-state index in [1.165, 1.54) is 78.4 Å². The van der Waals surface area contributed by atoms with Crippen LogP contribution in [0, 0.1) is 51.0 Å². The zero-order chi connectivity index (χ0) is 49.0. The Morgan fingerprint density at radius 1 is 0.377 bits per heavy atom. The predicted molar refractivity (Wildman–Crippen MR) is 265 cm³/mol. The summed E-state index contributed by atoms with van der Waals surface area (Å²) in [5.41, 5.74) is 9.37. The van der Waals surface area contributed by atoms with Gasteiger partial charge in [0.1, 0.15) is 63.3 Å². The fraction of sp³-hybridized carbons (Fsp3) is 0.0893. The van der Waals surface area contributed by atoms with Gasteiger partial charge in [0, 0.05) is 63.0 Å². The number of aliphatic imine (C=N–C) groups is 3. The Bertz CT molecular complexity index is 2720. The van der Waals surface area contributed by atoms with Gasteiger partial charge in [-0.05, 0) is 99.0 Å². The van der Waals surface area contributed by atoms with Crippen LogP contribution in [0.4, 0.5) is 40.3 Å². The van der Waals surface area contributed by atoms with Gasteiger partial charge in [-0.1, -0.05) is 131 Å². The molecule has 8 nitrogen and oxygen atoms in total. The molecule has 8 aromatic carbocycles. The van der Waals surface area contributed by atoms with E-state index in [9.17, 15) is 38.0 Å². The fourth-order valence-corrected chi connectivity index (χ4v) is 5.68. The van der Waals surface area contributed by atoms with Crippen LogP contribution in [0.1, 0.15) is 44.5 Å². The van der Waals surface area contributed by atoms with Crippen LogP contribution in [0.15, 0.2) is 185 Å². The second kappa shape index (κ2) is 27.3. The van der Waals surface area contributed by atoms with Gasteiger partial charge in [0.25, 0.3) is 0 Å². The van der Waals surface area contributed by atoms with Crippen molar-refractivity contribution in [3.63, 3.8) is 0 Å². The van der Waals surface area contributed by atoms with Crippen LogP contribution in [-0.2, 0) is 32.7 Å². The summed E-state index contributed by atoms with van der Waals surface area (Å²) in [6.07, 6.45) is 4.77. The third-order valence-corrected chi connectivity index (χ3v) is 9.59. The van der Waals surface area contributed by atoms with Crippen molar-refractivity contribution < 1.29 is 64.2 Å². The molecule has 0 unspecified atom stereocenters. The Morgan fingerprint density at radius 2 is 0.652 bits per heavy atom. The van der Waals surface area contributed by atoms with Gasteiger partial charge < -0.3 is 25.7 Å². The van der Waals surface area contributed by atoms with Crippen molar-refractivity contribution in [2.24, 2.45) is 15.0 Å². The predicted octanol–water partition coefficient (Wildman–Crippen LogP) is 14.8. The number of aryl methyl sites for hydroxylation is 4. The quantitative estimate of drug-likeness (QED) is 0.0847. The van der Waals surface area contributed by atoms with E-state index in [2.05, 4.69) is 20.3 Å². The maximum absolute atomic E-state index is 13.0. The molecule has 0 aliphatic rings. The van der Waals surface area contributed by atoms with E-state index >= 15 is 0 Å². The molecule has 0 spiro atoms. The van der Waals surface area contributed by atoms with Crippen molar-refractivity contribution >= 4 is 41.4 Å². The minimum atomic E-state index is -0.418. The third kappa shape index (κ3) is 18.9. The normalized spacial score (nSPS) is 10.6. The molecular formula is C56H49F4N4O4Zr-. The molecule has 0 aliphatic heterocycles. The van der Waals surface area contributed by atoms with E-state index < -0.39 is 23.3 Å². The number of aromatic hydroxyl groups is 4. The first-order chi connectivity index (χ1) is 32.6. The van der Waals surface area contributed by atoms with E-state index in [1.54, 1.807) is 18.6 Å². The first-order valence-corrected chi connectivity index (χ1v) is 21.1. The monoisotopic (exact) mass is 1010 g/mol. The molecule has 13 heteroatoms. The van der Waals surface area contributed by atoms with Gasteiger partial charge in [-0.15, -0.1) is 6.54 Å². The Hall–Kier alpha value is -7.63. The van der Waals surface area contributed by atoms with Crippen LogP contribution >= 0.6 is 0 Å². The van der Waals surface area contributed by atoms with Gasteiger partial charge in [0.05, 0.1) is 0 Å². The molecule has 8 rings (SSSR count). The zero-order valence-electron chi connectivity index (χ0n) is 38.2. The van der Waals surface area contributed by atoms with E-state index in [-0.39, 0.29) is 72.0 Å². The molecule has 0 radical (unpaired) electrons. The zero-order valence-corrected chi connectivity index (χ0v) is 40.7. The van der Waals surface area contributed by atoms with Gasteiger partial charge in [0.15, 0.2) is 0 Å². The summed E-state index contributed by atoms with van der Waals surface area (Å²) in [6, 6.07) is 46.0. The Kier molecular flexibility index (Phi) is 21.3. The number of hydrogen-bond donors (Lipinski definition) is 4. The molecule has 0 atom stereocenters. The summed E-state index contributed by atoms with van der Waals surface area (Å²) in [6.45, 7) is 8.44. The number of phenols is 4. The van der Waals surface area contributed by atoms with Gasteiger partial charge in [0.2, 0.25) is 0 Å². The molecule has 0 saturated carbocycles. The molecule has 0 aliphatic carbocycles. The molecule has 0 fully saturated rings.